The molecular weight excluding hydrogens is 1120 g/mol. The molecule has 0 aromatic heterocycles. The number of esters is 3. The number of carbonyl (C=O) groups is 3. The van der Waals surface area contributed by atoms with E-state index in [0.29, 0.717) is 25.7 Å². The number of hydrogen-bond donors (Lipinski definition) is 4. The first-order valence-corrected chi connectivity index (χ1v) is 34.5. The molecule has 5 unspecified atom stereocenters. The van der Waals surface area contributed by atoms with E-state index in [1.807, 2.05) is 18.2 Å². The highest BCUT2D eigenvalue weighted by atomic mass is 31.2. The van der Waals surface area contributed by atoms with Gasteiger partial charge in [-0.15, -0.1) is 0 Å². The Labute approximate surface area is 512 Å². The highest BCUT2D eigenvalue weighted by molar-refractivity contribution is 7.47. The Morgan fingerprint density at radius 3 is 1.06 bits per heavy atom. The van der Waals surface area contributed by atoms with Crippen LogP contribution in [0.2, 0.25) is 0 Å². The summed E-state index contributed by atoms with van der Waals surface area (Å²) in [5.74, 6) is -1.70. The maximum atomic E-state index is 12.9. The van der Waals surface area contributed by atoms with Gasteiger partial charge in [-0.05, 0) is 116 Å². The minimum absolute atomic E-state index is 0.0562. The molecule has 0 spiro atoms. The highest BCUT2D eigenvalue weighted by Crippen LogP contribution is 2.45. The van der Waals surface area contributed by atoms with Crippen molar-refractivity contribution < 1.29 is 75.8 Å². The molecule has 0 aromatic rings. The summed E-state index contributed by atoms with van der Waals surface area (Å²) in [4.78, 5) is 58.2. The van der Waals surface area contributed by atoms with Crippen LogP contribution in [0.3, 0.4) is 0 Å². The van der Waals surface area contributed by atoms with Crippen molar-refractivity contribution >= 4 is 33.6 Å². The molecule has 18 heteroatoms. The van der Waals surface area contributed by atoms with E-state index in [4.69, 9.17) is 32.3 Å². The van der Waals surface area contributed by atoms with Crippen LogP contribution >= 0.6 is 15.6 Å². The first-order chi connectivity index (χ1) is 41.2. The van der Waals surface area contributed by atoms with Crippen molar-refractivity contribution in [1.29, 1.82) is 0 Å². The third-order valence-electron chi connectivity index (χ3n) is 12.3. The lowest BCUT2D eigenvalue weighted by atomic mass is 10.1. The summed E-state index contributed by atoms with van der Waals surface area (Å²) in [5, 5.41) is 20.5. The maximum absolute atomic E-state index is 12.9. The van der Waals surface area contributed by atoms with Crippen molar-refractivity contribution in [2.24, 2.45) is 0 Å². The smallest absolute Gasteiger partial charge is 0.463 e. The summed E-state index contributed by atoms with van der Waals surface area (Å²) in [7, 11) is -9.80. The average Bonchev–Trinajstić information content (AvgIpc) is 3.51. The molecule has 0 saturated carbocycles. The summed E-state index contributed by atoms with van der Waals surface area (Å²) in [6.45, 7) is 2.22. The van der Waals surface area contributed by atoms with Crippen LogP contribution in [0.15, 0.2) is 134 Å². The number of aliphatic hydroxyl groups is 2. The van der Waals surface area contributed by atoms with Gasteiger partial charge in [-0.25, -0.2) is 9.13 Å². The van der Waals surface area contributed by atoms with E-state index < -0.39 is 91.5 Å². The fraction of sp³-hybridized carbons (Fsp3) is 0.627. The van der Waals surface area contributed by atoms with Crippen molar-refractivity contribution in [1.82, 2.24) is 0 Å². The predicted octanol–water partition coefficient (Wildman–Crippen LogP) is 16.9. The number of rotatable bonds is 58. The van der Waals surface area contributed by atoms with E-state index in [9.17, 15) is 43.5 Å². The summed E-state index contributed by atoms with van der Waals surface area (Å²) in [6.07, 6.45) is 68.1. The fourth-order valence-electron chi connectivity index (χ4n) is 7.59. The zero-order chi connectivity index (χ0) is 62.4. The number of hydrogen-bond acceptors (Lipinski definition) is 14. The lowest BCUT2D eigenvalue weighted by Gasteiger charge is -2.21. The summed E-state index contributed by atoms with van der Waals surface area (Å²) in [6, 6.07) is 0. The second kappa shape index (κ2) is 60.0. The highest BCUT2D eigenvalue weighted by Gasteiger charge is 2.29. The number of carbonyl (C=O) groups excluding carboxylic acids is 3. The quantitative estimate of drug-likeness (QED) is 0.0146. The van der Waals surface area contributed by atoms with Crippen molar-refractivity contribution in [3.05, 3.63) is 134 Å². The van der Waals surface area contributed by atoms with Crippen LogP contribution < -0.4 is 0 Å². The second-order valence-corrected chi connectivity index (χ2v) is 23.3. The van der Waals surface area contributed by atoms with Gasteiger partial charge in [0, 0.05) is 19.3 Å². The molecule has 0 fully saturated rings. The van der Waals surface area contributed by atoms with Gasteiger partial charge in [0.2, 0.25) is 0 Å². The molecule has 0 heterocycles. The van der Waals surface area contributed by atoms with Crippen LogP contribution in [0.4, 0.5) is 0 Å². The third kappa shape index (κ3) is 61.1. The Hall–Kier alpha value is -4.31. The Kier molecular flexibility index (Phi) is 57.0. The Morgan fingerprint density at radius 1 is 0.341 bits per heavy atom. The zero-order valence-corrected chi connectivity index (χ0v) is 53.8. The molecule has 5 atom stereocenters. The van der Waals surface area contributed by atoms with Crippen LogP contribution in [0.1, 0.15) is 213 Å². The number of phosphoric acid groups is 2. The van der Waals surface area contributed by atoms with E-state index in [0.717, 1.165) is 148 Å². The largest absolute Gasteiger partial charge is 0.472 e. The molecule has 484 valence electrons. The van der Waals surface area contributed by atoms with Crippen molar-refractivity contribution in [2.45, 2.75) is 232 Å². The SMILES string of the molecule is CC/C=C\C/C=C\C/C=C\C/C=C\C/C=C\C/C=C\CCC(=O)OCC(O)COP(=O)(O)OCC(O)COP(=O)(O)OCC(COC(=O)CCCCCCCCC/C=C\C/C=C\C/C=C\CC)OC(=O)CCCCCCC/C=C\C/C=C\CCC. The van der Waals surface area contributed by atoms with E-state index in [1.165, 1.54) is 0 Å². The molecule has 0 aliphatic rings. The van der Waals surface area contributed by atoms with Gasteiger partial charge in [-0.2, -0.15) is 0 Å². The summed E-state index contributed by atoms with van der Waals surface area (Å²) in [5.41, 5.74) is 0. The molecule has 0 bridgehead atoms. The molecule has 0 radical (unpaired) electrons. The fourth-order valence-corrected chi connectivity index (χ4v) is 9.17. The molecule has 85 heavy (non-hydrogen) atoms. The van der Waals surface area contributed by atoms with Crippen molar-refractivity contribution in [3.8, 4) is 0 Å². The van der Waals surface area contributed by atoms with Crippen LogP contribution in [0, 0.1) is 0 Å². The van der Waals surface area contributed by atoms with Gasteiger partial charge in [0.25, 0.3) is 0 Å². The number of phosphoric ester groups is 2. The van der Waals surface area contributed by atoms with Crippen molar-refractivity contribution in [2.75, 3.05) is 39.6 Å². The standard InChI is InChI=1S/C67H110O16P2/c1-4-7-10-13-16-19-22-25-27-29-30-32-34-36-38-41-44-47-50-53-65(70)77-56-62(68)57-79-84(73,74)80-58-63(69)59-81-85(75,76)82-61-64(83-67(72)55-52-49-46-43-40-35-24-21-18-15-12-9-6-3)60-78-66(71)54-51-48-45-42-39-37-33-31-28-26-23-20-17-14-11-8-5-2/h7-8,10-12,15-17,19-21,24-28,30,32,36,38,44,47,62-64,68-69H,4-6,9,13-14,18,22-23,29,31,33-35,37,39-43,45-46,48-61H2,1-3H3,(H,73,74)(H,75,76)/b10-7-,11-8-,15-12-,19-16-,20-17-,24-21-,27-25-,28-26-,32-30-,38-36-,47-44-. The average molecular weight is 1230 g/mol. The van der Waals surface area contributed by atoms with Crippen molar-refractivity contribution in [3.63, 3.8) is 0 Å². The van der Waals surface area contributed by atoms with Gasteiger partial charge in [-0.1, -0.05) is 212 Å². The van der Waals surface area contributed by atoms with Gasteiger partial charge in [0.05, 0.1) is 26.4 Å². The molecule has 0 aliphatic heterocycles. The lowest BCUT2D eigenvalue weighted by molar-refractivity contribution is -0.161. The van der Waals surface area contributed by atoms with Gasteiger partial charge in [0.15, 0.2) is 6.10 Å². The number of unbranched alkanes of at least 4 members (excludes halogenated alkanes) is 13. The van der Waals surface area contributed by atoms with Gasteiger partial charge in [-0.3, -0.25) is 32.5 Å². The molecule has 0 aromatic carbocycles. The van der Waals surface area contributed by atoms with E-state index in [-0.39, 0.29) is 19.3 Å². The normalized spacial score (nSPS) is 15.2. The van der Waals surface area contributed by atoms with Crippen LogP contribution in [0.5, 0.6) is 0 Å². The van der Waals surface area contributed by atoms with Crippen LogP contribution in [-0.4, -0.2) is 95.9 Å². The van der Waals surface area contributed by atoms with Gasteiger partial charge < -0.3 is 34.2 Å². The van der Waals surface area contributed by atoms with E-state index in [1.54, 1.807) is 0 Å². The minimum atomic E-state index is -4.93. The molecule has 16 nitrogen and oxygen atoms in total. The monoisotopic (exact) mass is 1230 g/mol. The zero-order valence-electron chi connectivity index (χ0n) is 52.0. The molecule has 4 N–H and O–H groups in total. The predicted molar refractivity (Wildman–Crippen MR) is 343 cm³/mol. The van der Waals surface area contributed by atoms with Crippen LogP contribution in [-0.2, 0) is 55.8 Å². The second-order valence-electron chi connectivity index (χ2n) is 20.4. The Balaban J connectivity index is 4.75. The Bertz CT molecular complexity index is 2090. The molecular formula is C67H110O16P2. The molecule has 0 aliphatic carbocycles. The van der Waals surface area contributed by atoms with Gasteiger partial charge in [0.1, 0.15) is 25.4 Å². The van der Waals surface area contributed by atoms with Gasteiger partial charge >= 0.3 is 33.6 Å². The Morgan fingerprint density at radius 2 is 0.647 bits per heavy atom. The topological polar surface area (TPSA) is 231 Å². The van der Waals surface area contributed by atoms with E-state index in [2.05, 4.69) is 136 Å². The minimum Gasteiger partial charge on any atom is -0.463 e. The summed E-state index contributed by atoms with van der Waals surface area (Å²) < 4.78 is 60.6. The lowest BCUT2D eigenvalue weighted by Crippen LogP contribution is -2.30. The molecule has 0 saturated heterocycles. The summed E-state index contributed by atoms with van der Waals surface area (Å²) >= 11 is 0. The number of allylic oxidation sites excluding steroid dienone is 22. The first-order valence-electron chi connectivity index (χ1n) is 31.5. The first kappa shape index (κ1) is 80.7. The maximum Gasteiger partial charge on any atom is 0.472 e. The van der Waals surface area contributed by atoms with E-state index >= 15 is 0 Å². The number of ether oxygens (including phenoxy) is 3. The molecule has 0 rings (SSSR count). The third-order valence-corrected chi connectivity index (χ3v) is 14.2. The number of aliphatic hydroxyl groups excluding tert-OH is 2. The van der Waals surface area contributed by atoms with Crippen LogP contribution in [0.25, 0.3) is 0 Å². The molecule has 0 amide bonds.